The first-order chi connectivity index (χ1) is 6.38. The van der Waals surface area contributed by atoms with Crippen LogP contribution in [0.15, 0.2) is 10.8 Å². The summed E-state index contributed by atoms with van der Waals surface area (Å²) in [7, 11) is 0. The van der Waals surface area contributed by atoms with Crippen LogP contribution in [0.2, 0.25) is 0 Å². The van der Waals surface area contributed by atoms with Gasteiger partial charge in [-0.3, -0.25) is 0 Å². The van der Waals surface area contributed by atoms with E-state index < -0.39 is 0 Å². The Morgan fingerprint density at radius 2 is 1.38 bits per heavy atom. The smallest absolute Gasteiger partial charge is 0.00584 e. The minimum atomic E-state index is 1.29. The SMILES string of the molecule is CCCCc1cscc1CCCC. The summed E-state index contributed by atoms with van der Waals surface area (Å²) in [5.41, 5.74) is 3.22. The first-order valence-corrected chi connectivity index (χ1v) is 6.36. The van der Waals surface area contributed by atoms with Crippen LogP contribution < -0.4 is 0 Å². The van der Waals surface area contributed by atoms with Crippen LogP contribution in [0, 0.1) is 0 Å². The van der Waals surface area contributed by atoms with Gasteiger partial charge in [0.2, 0.25) is 0 Å². The highest BCUT2D eigenvalue weighted by Gasteiger charge is 2.02. The van der Waals surface area contributed by atoms with Crippen molar-refractivity contribution in [3.05, 3.63) is 21.9 Å². The predicted octanol–water partition coefficient (Wildman–Crippen LogP) is 4.43. The van der Waals surface area contributed by atoms with Gasteiger partial charge in [-0.25, -0.2) is 0 Å². The minimum Gasteiger partial charge on any atom is -0.152 e. The molecule has 1 aromatic heterocycles. The van der Waals surface area contributed by atoms with Gasteiger partial charge in [-0.2, -0.15) is 11.3 Å². The van der Waals surface area contributed by atoms with Crippen molar-refractivity contribution in [2.45, 2.75) is 52.4 Å². The zero-order valence-electron chi connectivity index (χ0n) is 8.81. The average molecular weight is 196 g/mol. The van der Waals surface area contributed by atoms with Crippen molar-refractivity contribution in [3.63, 3.8) is 0 Å². The molecule has 1 aromatic rings. The van der Waals surface area contributed by atoms with Crippen molar-refractivity contribution in [3.8, 4) is 0 Å². The van der Waals surface area contributed by atoms with Gasteiger partial charge in [-0.05, 0) is 47.6 Å². The Kier molecular flexibility index (Phi) is 5.14. The predicted molar refractivity (Wildman–Crippen MR) is 61.5 cm³/mol. The molecule has 0 unspecified atom stereocenters. The van der Waals surface area contributed by atoms with E-state index >= 15 is 0 Å². The molecule has 0 nitrogen and oxygen atoms in total. The second kappa shape index (κ2) is 6.20. The van der Waals surface area contributed by atoms with Gasteiger partial charge in [0.1, 0.15) is 0 Å². The molecule has 0 bridgehead atoms. The molecule has 74 valence electrons. The molecule has 0 aromatic carbocycles. The molecule has 0 atom stereocenters. The fraction of sp³-hybridized carbons (Fsp3) is 0.667. The largest absolute Gasteiger partial charge is 0.152 e. The van der Waals surface area contributed by atoms with Crippen molar-refractivity contribution >= 4 is 11.3 Å². The summed E-state index contributed by atoms with van der Waals surface area (Å²) in [5.74, 6) is 0. The first kappa shape index (κ1) is 10.8. The van der Waals surface area contributed by atoms with Crippen LogP contribution in [-0.4, -0.2) is 0 Å². The average Bonchev–Trinajstić information content (AvgIpc) is 2.59. The molecule has 1 rings (SSSR count). The summed E-state index contributed by atoms with van der Waals surface area (Å²) in [6.07, 6.45) is 7.88. The van der Waals surface area contributed by atoms with Crippen molar-refractivity contribution in [2.24, 2.45) is 0 Å². The van der Waals surface area contributed by atoms with E-state index in [0.717, 1.165) is 0 Å². The lowest BCUT2D eigenvalue weighted by molar-refractivity contribution is 0.762. The van der Waals surface area contributed by atoms with Gasteiger partial charge in [0, 0.05) is 0 Å². The summed E-state index contributed by atoms with van der Waals surface area (Å²) < 4.78 is 0. The monoisotopic (exact) mass is 196 g/mol. The number of thiophene rings is 1. The van der Waals surface area contributed by atoms with Gasteiger partial charge in [0.25, 0.3) is 0 Å². The highest BCUT2D eigenvalue weighted by atomic mass is 32.1. The van der Waals surface area contributed by atoms with Gasteiger partial charge in [-0.1, -0.05) is 26.7 Å². The van der Waals surface area contributed by atoms with Crippen LogP contribution in [0.1, 0.15) is 50.7 Å². The Bertz CT molecular complexity index is 202. The number of hydrogen-bond acceptors (Lipinski definition) is 1. The third kappa shape index (κ3) is 3.51. The fourth-order valence-corrected chi connectivity index (χ4v) is 2.46. The summed E-state index contributed by atoms with van der Waals surface area (Å²) in [4.78, 5) is 0. The molecule has 0 saturated carbocycles. The van der Waals surface area contributed by atoms with Crippen LogP contribution in [0.4, 0.5) is 0 Å². The Balaban J connectivity index is 2.45. The Labute approximate surface area is 86.0 Å². The van der Waals surface area contributed by atoms with Gasteiger partial charge in [0.05, 0.1) is 0 Å². The molecule has 1 heterocycles. The second-order valence-corrected chi connectivity index (χ2v) is 4.37. The summed E-state index contributed by atoms with van der Waals surface area (Å²) in [6.45, 7) is 4.52. The zero-order chi connectivity index (χ0) is 9.52. The molecule has 0 radical (unpaired) electrons. The number of rotatable bonds is 6. The van der Waals surface area contributed by atoms with E-state index in [9.17, 15) is 0 Å². The molecule has 0 amide bonds. The highest BCUT2D eigenvalue weighted by Crippen LogP contribution is 2.19. The lowest BCUT2D eigenvalue weighted by atomic mass is 10.0. The number of unbranched alkanes of at least 4 members (excludes halogenated alkanes) is 2. The summed E-state index contributed by atoms with van der Waals surface area (Å²) in [5, 5.41) is 4.67. The third-order valence-corrected chi connectivity index (χ3v) is 3.27. The van der Waals surface area contributed by atoms with Gasteiger partial charge >= 0.3 is 0 Å². The molecule has 0 N–H and O–H groups in total. The van der Waals surface area contributed by atoms with E-state index in [1.165, 1.54) is 38.5 Å². The van der Waals surface area contributed by atoms with Crippen LogP contribution in [0.3, 0.4) is 0 Å². The molecule has 1 heteroatoms. The maximum atomic E-state index is 2.33. The lowest BCUT2D eigenvalue weighted by Crippen LogP contribution is -1.89. The van der Waals surface area contributed by atoms with E-state index in [1.807, 2.05) is 11.3 Å². The maximum absolute atomic E-state index is 2.33. The van der Waals surface area contributed by atoms with Gasteiger partial charge < -0.3 is 0 Å². The quantitative estimate of drug-likeness (QED) is 0.631. The van der Waals surface area contributed by atoms with Gasteiger partial charge in [0.15, 0.2) is 0 Å². The molecule has 0 spiro atoms. The lowest BCUT2D eigenvalue weighted by Gasteiger charge is -2.01. The number of aryl methyl sites for hydroxylation is 2. The van der Waals surface area contributed by atoms with Crippen LogP contribution >= 0.6 is 11.3 Å². The van der Waals surface area contributed by atoms with Crippen LogP contribution in [0.25, 0.3) is 0 Å². The minimum absolute atomic E-state index is 1.29. The van der Waals surface area contributed by atoms with Crippen molar-refractivity contribution in [1.29, 1.82) is 0 Å². The van der Waals surface area contributed by atoms with Crippen LogP contribution in [0.5, 0.6) is 0 Å². The normalized spacial score (nSPS) is 10.6. The van der Waals surface area contributed by atoms with E-state index in [2.05, 4.69) is 24.6 Å². The molecule has 0 fully saturated rings. The van der Waals surface area contributed by atoms with E-state index in [1.54, 1.807) is 11.1 Å². The van der Waals surface area contributed by atoms with E-state index in [0.29, 0.717) is 0 Å². The topological polar surface area (TPSA) is 0 Å². The summed E-state index contributed by atoms with van der Waals surface area (Å²) in [6, 6.07) is 0. The van der Waals surface area contributed by atoms with Crippen LogP contribution in [-0.2, 0) is 12.8 Å². The van der Waals surface area contributed by atoms with Gasteiger partial charge in [-0.15, -0.1) is 0 Å². The Morgan fingerprint density at radius 3 is 1.77 bits per heavy atom. The highest BCUT2D eigenvalue weighted by molar-refractivity contribution is 7.08. The summed E-state index contributed by atoms with van der Waals surface area (Å²) >= 11 is 1.87. The maximum Gasteiger partial charge on any atom is -0.00584 e. The molecule has 0 saturated heterocycles. The number of hydrogen-bond donors (Lipinski definition) is 0. The molecule has 0 aliphatic carbocycles. The molecular weight excluding hydrogens is 176 g/mol. The third-order valence-electron chi connectivity index (χ3n) is 2.43. The molecule has 13 heavy (non-hydrogen) atoms. The zero-order valence-corrected chi connectivity index (χ0v) is 9.62. The Hall–Kier alpha value is -0.300. The second-order valence-electron chi connectivity index (χ2n) is 3.63. The Morgan fingerprint density at radius 1 is 0.923 bits per heavy atom. The van der Waals surface area contributed by atoms with E-state index in [-0.39, 0.29) is 0 Å². The first-order valence-electron chi connectivity index (χ1n) is 5.42. The van der Waals surface area contributed by atoms with E-state index in [4.69, 9.17) is 0 Å². The van der Waals surface area contributed by atoms with Crippen molar-refractivity contribution in [1.82, 2.24) is 0 Å². The fourth-order valence-electron chi connectivity index (χ4n) is 1.52. The molecule has 0 aliphatic rings. The van der Waals surface area contributed by atoms with Crippen molar-refractivity contribution < 1.29 is 0 Å². The standard InChI is InChI=1S/C12H20S/c1-3-5-7-11-9-13-10-12(11)8-6-4-2/h9-10H,3-8H2,1-2H3. The molecular formula is C12H20S. The van der Waals surface area contributed by atoms with Crippen molar-refractivity contribution in [2.75, 3.05) is 0 Å². The molecule has 0 aliphatic heterocycles.